The summed E-state index contributed by atoms with van der Waals surface area (Å²) in [5.41, 5.74) is 1.30. The molecule has 0 unspecified atom stereocenters. The molecule has 0 radical (unpaired) electrons. The summed E-state index contributed by atoms with van der Waals surface area (Å²) in [5, 5.41) is 20.8. The van der Waals surface area contributed by atoms with E-state index in [4.69, 9.17) is 4.52 Å². The molecule has 2 aromatic heterocycles. The predicted octanol–water partition coefficient (Wildman–Crippen LogP) is 1.38. The Balaban J connectivity index is 1.74. The fourth-order valence-electron chi connectivity index (χ4n) is 1.90. The Morgan fingerprint density at radius 3 is 2.75 bits per heavy atom. The maximum atomic E-state index is 11.7. The molecule has 1 N–H and O–H groups in total. The normalized spacial score (nSPS) is 10.8. The van der Waals surface area contributed by atoms with Crippen molar-refractivity contribution >= 4 is 11.3 Å². The Kier molecular flexibility index (Phi) is 3.76. The molecule has 0 spiro atoms. The number of thiophene rings is 1. The van der Waals surface area contributed by atoms with Gasteiger partial charge in [0.2, 0.25) is 5.69 Å². The van der Waals surface area contributed by atoms with E-state index in [-0.39, 0.29) is 0 Å². The number of rotatable bonds is 5. The van der Waals surface area contributed by atoms with E-state index in [1.807, 2.05) is 41.8 Å². The number of nitrogens with one attached hydrogen (secondary N) is 1. The summed E-state index contributed by atoms with van der Waals surface area (Å²) in [6, 6.07) is 13.5. The molecule has 0 atom stereocenters. The maximum absolute atomic E-state index is 11.7. The lowest BCUT2D eigenvalue weighted by atomic mass is 10.3. The van der Waals surface area contributed by atoms with Crippen LogP contribution in [0.3, 0.4) is 0 Å². The minimum atomic E-state index is -0.410. The number of benzene rings is 1. The highest BCUT2D eigenvalue weighted by Gasteiger charge is 2.19. The van der Waals surface area contributed by atoms with Crippen LogP contribution in [0.4, 0.5) is 0 Å². The van der Waals surface area contributed by atoms with Gasteiger partial charge in [0.25, 0.3) is 5.69 Å². The van der Waals surface area contributed by atoms with Crippen molar-refractivity contribution in [3.8, 4) is 11.6 Å². The minimum Gasteiger partial charge on any atom is -0.539 e. The van der Waals surface area contributed by atoms with E-state index in [2.05, 4.69) is 16.7 Å². The highest BCUT2D eigenvalue weighted by Crippen LogP contribution is 2.11. The quantitative estimate of drug-likeness (QED) is 0.720. The lowest BCUT2D eigenvalue weighted by molar-refractivity contribution is -0.677. The van der Waals surface area contributed by atoms with Crippen LogP contribution < -0.4 is 15.1 Å². The summed E-state index contributed by atoms with van der Waals surface area (Å²) in [6.07, 6.45) is 0. The van der Waals surface area contributed by atoms with Gasteiger partial charge in [-0.1, -0.05) is 24.3 Å². The highest BCUT2D eigenvalue weighted by molar-refractivity contribution is 7.09. The Bertz CT molecular complexity index is 665. The molecule has 0 fully saturated rings. The molecule has 3 aromatic rings. The van der Waals surface area contributed by atoms with Crippen LogP contribution >= 0.6 is 11.3 Å². The van der Waals surface area contributed by atoms with Gasteiger partial charge in [-0.2, -0.15) is 0 Å². The summed E-state index contributed by atoms with van der Waals surface area (Å²) in [7, 11) is 0. The van der Waals surface area contributed by atoms with Gasteiger partial charge in [-0.25, -0.2) is 0 Å². The average molecular weight is 287 g/mol. The van der Waals surface area contributed by atoms with Crippen LogP contribution in [0.1, 0.15) is 10.6 Å². The number of hydrogen-bond donors (Lipinski definition) is 1. The summed E-state index contributed by atoms with van der Waals surface area (Å²) in [6.45, 7) is 1.13. The Morgan fingerprint density at radius 2 is 2.00 bits per heavy atom. The first-order valence-electron chi connectivity index (χ1n) is 6.21. The zero-order valence-corrected chi connectivity index (χ0v) is 11.5. The molecule has 102 valence electrons. The largest absolute Gasteiger partial charge is 0.539 e. The fourth-order valence-corrected chi connectivity index (χ4v) is 2.58. The van der Waals surface area contributed by atoms with Gasteiger partial charge in [-0.15, -0.1) is 11.3 Å². The Labute approximate surface area is 120 Å². The van der Waals surface area contributed by atoms with Crippen LogP contribution in [0.5, 0.6) is 5.95 Å². The molecule has 5 nitrogen and oxygen atoms in total. The topological polar surface area (TPSA) is 65.0 Å². The van der Waals surface area contributed by atoms with Gasteiger partial charge in [0.15, 0.2) is 5.95 Å². The molecule has 3 rings (SSSR count). The van der Waals surface area contributed by atoms with E-state index in [1.54, 1.807) is 11.3 Å². The van der Waals surface area contributed by atoms with Crippen molar-refractivity contribution in [3.63, 3.8) is 0 Å². The molecule has 0 aliphatic heterocycles. The lowest BCUT2D eigenvalue weighted by Gasteiger charge is -2.01. The molecule has 2 heterocycles. The molecule has 0 aliphatic rings. The first-order valence-corrected chi connectivity index (χ1v) is 7.09. The summed E-state index contributed by atoms with van der Waals surface area (Å²) in [4.78, 5) is 1.22. The van der Waals surface area contributed by atoms with E-state index >= 15 is 0 Å². The molecule has 0 bridgehead atoms. The van der Waals surface area contributed by atoms with Gasteiger partial charge in [-0.3, -0.25) is 0 Å². The Morgan fingerprint density at radius 1 is 1.15 bits per heavy atom. The maximum Gasteiger partial charge on any atom is 0.253 e. The predicted molar refractivity (Wildman–Crippen MR) is 72.3 cm³/mol. The lowest BCUT2D eigenvalue weighted by Crippen LogP contribution is -2.38. The highest BCUT2D eigenvalue weighted by atomic mass is 32.1. The van der Waals surface area contributed by atoms with E-state index in [9.17, 15) is 5.11 Å². The summed E-state index contributed by atoms with van der Waals surface area (Å²) >= 11 is 1.68. The molecule has 0 aliphatic carbocycles. The van der Waals surface area contributed by atoms with E-state index in [1.165, 1.54) is 9.56 Å². The van der Waals surface area contributed by atoms with Crippen molar-refractivity contribution in [1.29, 1.82) is 0 Å². The minimum absolute atomic E-state index is 0.410. The van der Waals surface area contributed by atoms with Gasteiger partial charge in [0, 0.05) is 23.6 Å². The molecule has 0 saturated heterocycles. The standard InChI is InChI=1S/C14H13N3O2S/c18-14-13(10-15-9-12-7-4-8-20-12)17(16-19-14)11-5-2-1-3-6-11/h1-8,15H,9-10H2. The van der Waals surface area contributed by atoms with Crippen molar-refractivity contribution in [2.24, 2.45) is 0 Å². The second kappa shape index (κ2) is 5.85. The summed E-state index contributed by atoms with van der Waals surface area (Å²) in [5.74, 6) is -0.410. The number of para-hydroxylation sites is 1. The van der Waals surface area contributed by atoms with Crippen LogP contribution in [0, 0.1) is 0 Å². The van der Waals surface area contributed by atoms with Crippen molar-refractivity contribution in [2.45, 2.75) is 13.1 Å². The first-order chi connectivity index (χ1) is 9.84. The second-order valence-electron chi connectivity index (χ2n) is 4.24. The number of nitrogens with zero attached hydrogens (tertiary/aromatic N) is 2. The molecule has 6 heteroatoms. The number of aromatic nitrogens is 2. The second-order valence-corrected chi connectivity index (χ2v) is 5.27. The van der Waals surface area contributed by atoms with Crippen LogP contribution in [-0.2, 0) is 13.1 Å². The van der Waals surface area contributed by atoms with Crippen molar-refractivity contribution in [2.75, 3.05) is 0 Å². The smallest absolute Gasteiger partial charge is 0.253 e. The molecular weight excluding hydrogens is 274 g/mol. The van der Waals surface area contributed by atoms with Crippen molar-refractivity contribution < 1.29 is 14.3 Å². The molecule has 0 saturated carbocycles. The number of hydrogen-bond acceptors (Lipinski definition) is 5. The van der Waals surface area contributed by atoms with Gasteiger partial charge >= 0.3 is 0 Å². The average Bonchev–Trinajstić information content (AvgIpc) is 3.11. The zero-order chi connectivity index (χ0) is 13.8. The van der Waals surface area contributed by atoms with E-state index in [0.717, 1.165) is 12.2 Å². The molecular formula is C14H13N3O2S. The van der Waals surface area contributed by atoms with Crippen molar-refractivity contribution in [1.82, 2.24) is 10.6 Å². The van der Waals surface area contributed by atoms with Crippen LogP contribution in [0.15, 0.2) is 52.4 Å². The van der Waals surface area contributed by atoms with Crippen LogP contribution in [0.25, 0.3) is 5.69 Å². The van der Waals surface area contributed by atoms with E-state index < -0.39 is 5.95 Å². The third kappa shape index (κ3) is 2.71. The zero-order valence-electron chi connectivity index (χ0n) is 10.7. The van der Waals surface area contributed by atoms with Crippen molar-refractivity contribution in [3.05, 3.63) is 58.4 Å². The molecule has 0 amide bonds. The van der Waals surface area contributed by atoms with Gasteiger partial charge in [-0.05, 0) is 16.1 Å². The van der Waals surface area contributed by atoms with Gasteiger partial charge < -0.3 is 14.9 Å². The first kappa shape index (κ1) is 12.8. The van der Waals surface area contributed by atoms with Gasteiger partial charge in [0.1, 0.15) is 0 Å². The van der Waals surface area contributed by atoms with Crippen LogP contribution in [0.2, 0.25) is 0 Å². The van der Waals surface area contributed by atoms with Gasteiger partial charge in [0.05, 0.1) is 11.8 Å². The third-order valence-corrected chi connectivity index (χ3v) is 3.75. The SMILES string of the molecule is [O-]c1on[n+](-c2ccccc2)c1CNCc1cccs1. The monoisotopic (exact) mass is 287 g/mol. The Hall–Kier alpha value is -2.18. The van der Waals surface area contributed by atoms with E-state index in [0.29, 0.717) is 12.2 Å². The summed E-state index contributed by atoms with van der Waals surface area (Å²) < 4.78 is 6.29. The third-order valence-electron chi connectivity index (χ3n) is 2.87. The molecule has 1 aromatic carbocycles. The van der Waals surface area contributed by atoms with Crippen LogP contribution in [-0.4, -0.2) is 5.27 Å². The fraction of sp³-hybridized carbons (Fsp3) is 0.143. The molecule has 20 heavy (non-hydrogen) atoms.